The van der Waals surface area contributed by atoms with Gasteiger partial charge in [0.2, 0.25) is 0 Å². The number of hydrogen-bond acceptors (Lipinski definition) is 3. The SMILES string of the molecule is CC(=O)Cc1ccc(OCc2ccsc2)cc1. The van der Waals surface area contributed by atoms with Crippen LogP contribution in [0.25, 0.3) is 0 Å². The highest BCUT2D eigenvalue weighted by atomic mass is 32.1. The third kappa shape index (κ3) is 3.71. The Hall–Kier alpha value is -1.61. The minimum Gasteiger partial charge on any atom is -0.489 e. The number of Topliss-reactive ketones (excluding diaryl/α,β-unsaturated/α-hetero) is 1. The van der Waals surface area contributed by atoms with E-state index in [9.17, 15) is 4.79 Å². The molecule has 0 bridgehead atoms. The van der Waals surface area contributed by atoms with Crippen LogP contribution in [0.3, 0.4) is 0 Å². The van der Waals surface area contributed by atoms with Gasteiger partial charge in [-0.3, -0.25) is 4.79 Å². The van der Waals surface area contributed by atoms with Gasteiger partial charge in [-0.2, -0.15) is 11.3 Å². The number of carbonyl (C=O) groups excluding carboxylic acids is 1. The van der Waals surface area contributed by atoms with Gasteiger partial charge in [0.05, 0.1) is 0 Å². The standard InChI is InChI=1S/C14H14O2S/c1-11(15)8-12-2-4-14(5-3-12)16-9-13-6-7-17-10-13/h2-7,10H,8-9H2,1H3. The number of hydrogen-bond donors (Lipinski definition) is 0. The zero-order valence-corrected chi connectivity index (χ0v) is 10.5. The molecule has 0 aliphatic carbocycles. The maximum Gasteiger partial charge on any atom is 0.134 e. The molecule has 2 nitrogen and oxygen atoms in total. The number of thiophene rings is 1. The van der Waals surface area contributed by atoms with E-state index < -0.39 is 0 Å². The second-order valence-corrected chi connectivity index (χ2v) is 4.72. The highest BCUT2D eigenvalue weighted by molar-refractivity contribution is 7.07. The van der Waals surface area contributed by atoms with E-state index in [-0.39, 0.29) is 5.78 Å². The molecule has 0 radical (unpaired) electrons. The quantitative estimate of drug-likeness (QED) is 0.807. The second-order valence-electron chi connectivity index (χ2n) is 3.94. The summed E-state index contributed by atoms with van der Waals surface area (Å²) in [5, 5.41) is 4.11. The molecule has 0 unspecified atom stereocenters. The lowest BCUT2D eigenvalue weighted by molar-refractivity contribution is -0.116. The largest absolute Gasteiger partial charge is 0.489 e. The van der Waals surface area contributed by atoms with Crippen LogP contribution in [0.5, 0.6) is 5.75 Å². The lowest BCUT2D eigenvalue weighted by atomic mass is 10.1. The Kier molecular flexibility index (Phi) is 3.94. The minimum absolute atomic E-state index is 0.178. The Balaban J connectivity index is 1.91. The van der Waals surface area contributed by atoms with Gasteiger partial charge in [-0.05, 0) is 47.0 Å². The molecule has 17 heavy (non-hydrogen) atoms. The van der Waals surface area contributed by atoms with Crippen LogP contribution in [-0.2, 0) is 17.8 Å². The van der Waals surface area contributed by atoms with Crippen molar-refractivity contribution in [2.24, 2.45) is 0 Å². The van der Waals surface area contributed by atoms with E-state index in [0.717, 1.165) is 11.3 Å². The zero-order valence-electron chi connectivity index (χ0n) is 9.68. The summed E-state index contributed by atoms with van der Waals surface area (Å²) in [6.45, 7) is 2.19. The van der Waals surface area contributed by atoms with E-state index in [1.165, 1.54) is 5.56 Å². The minimum atomic E-state index is 0.178. The van der Waals surface area contributed by atoms with Gasteiger partial charge in [0.25, 0.3) is 0 Å². The summed E-state index contributed by atoms with van der Waals surface area (Å²) < 4.78 is 5.63. The van der Waals surface area contributed by atoms with Crippen LogP contribution >= 0.6 is 11.3 Å². The van der Waals surface area contributed by atoms with E-state index in [4.69, 9.17) is 4.74 Å². The van der Waals surface area contributed by atoms with Crippen molar-refractivity contribution in [2.75, 3.05) is 0 Å². The maximum atomic E-state index is 10.9. The predicted octanol–water partition coefficient (Wildman–Crippen LogP) is 3.46. The summed E-state index contributed by atoms with van der Waals surface area (Å²) in [7, 11) is 0. The molecule has 1 heterocycles. The Morgan fingerprint density at radius 1 is 1.18 bits per heavy atom. The topological polar surface area (TPSA) is 26.3 Å². The molecule has 0 N–H and O–H groups in total. The number of ether oxygens (including phenoxy) is 1. The van der Waals surface area contributed by atoms with Crippen LogP contribution in [-0.4, -0.2) is 5.78 Å². The first-order valence-corrected chi connectivity index (χ1v) is 6.40. The summed E-state index contributed by atoms with van der Waals surface area (Å²) in [4.78, 5) is 10.9. The van der Waals surface area contributed by atoms with Crippen molar-refractivity contribution in [2.45, 2.75) is 20.0 Å². The van der Waals surface area contributed by atoms with Crippen LogP contribution in [0.15, 0.2) is 41.1 Å². The normalized spacial score (nSPS) is 10.2. The van der Waals surface area contributed by atoms with Crippen molar-refractivity contribution in [3.8, 4) is 5.75 Å². The molecule has 3 heteroatoms. The van der Waals surface area contributed by atoms with Gasteiger partial charge < -0.3 is 4.74 Å². The van der Waals surface area contributed by atoms with Crippen LogP contribution in [0.4, 0.5) is 0 Å². The predicted molar refractivity (Wildman–Crippen MR) is 69.5 cm³/mol. The Labute approximate surface area is 105 Å². The molecule has 2 rings (SSSR count). The van der Waals surface area contributed by atoms with E-state index in [1.807, 2.05) is 29.6 Å². The van der Waals surface area contributed by atoms with E-state index in [2.05, 4.69) is 11.4 Å². The number of rotatable bonds is 5. The zero-order chi connectivity index (χ0) is 12.1. The van der Waals surface area contributed by atoms with Crippen molar-refractivity contribution in [3.05, 3.63) is 52.2 Å². The molecule has 88 valence electrons. The van der Waals surface area contributed by atoms with Gasteiger partial charge in [0.1, 0.15) is 18.1 Å². The highest BCUT2D eigenvalue weighted by Crippen LogP contribution is 2.15. The fraction of sp³-hybridized carbons (Fsp3) is 0.214. The molecular weight excluding hydrogens is 232 g/mol. The van der Waals surface area contributed by atoms with Crippen molar-refractivity contribution >= 4 is 17.1 Å². The summed E-state index contributed by atoms with van der Waals surface area (Å²) >= 11 is 1.67. The molecule has 0 atom stereocenters. The molecule has 1 aromatic carbocycles. The summed E-state index contributed by atoms with van der Waals surface area (Å²) in [5.74, 6) is 1.01. The highest BCUT2D eigenvalue weighted by Gasteiger charge is 1.99. The summed E-state index contributed by atoms with van der Waals surface area (Å²) in [6, 6.07) is 9.73. The van der Waals surface area contributed by atoms with Gasteiger partial charge in [-0.15, -0.1) is 0 Å². The maximum absolute atomic E-state index is 10.9. The van der Waals surface area contributed by atoms with Gasteiger partial charge in [0.15, 0.2) is 0 Å². The lowest BCUT2D eigenvalue weighted by Crippen LogP contribution is -1.97. The fourth-order valence-electron chi connectivity index (χ4n) is 1.53. The van der Waals surface area contributed by atoms with Crippen molar-refractivity contribution in [3.63, 3.8) is 0 Å². The van der Waals surface area contributed by atoms with E-state index in [1.54, 1.807) is 18.3 Å². The Morgan fingerprint density at radius 3 is 2.53 bits per heavy atom. The van der Waals surface area contributed by atoms with Crippen LogP contribution in [0.1, 0.15) is 18.1 Å². The van der Waals surface area contributed by atoms with Gasteiger partial charge in [0, 0.05) is 6.42 Å². The van der Waals surface area contributed by atoms with Crippen LogP contribution in [0.2, 0.25) is 0 Å². The summed E-state index contributed by atoms with van der Waals surface area (Å²) in [5.41, 5.74) is 2.21. The number of ketones is 1. The molecule has 0 saturated carbocycles. The third-order valence-electron chi connectivity index (χ3n) is 2.36. The molecule has 0 aliphatic heterocycles. The van der Waals surface area contributed by atoms with E-state index >= 15 is 0 Å². The first-order chi connectivity index (χ1) is 8.24. The van der Waals surface area contributed by atoms with Crippen molar-refractivity contribution in [1.29, 1.82) is 0 Å². The molecular formula is C14H14O2S. The average Bonchev–Trinajstić information content (AvgIpc) is 2.80. The second kappa shape index (κ2) is 5.64. The first kappa shape index (κ1) is 11.9. The molecule has 0 amide bonds. The first-order valence-electron chi connectivity index (χ1n) is 5.46. The van der Waals surface area contributed by atoms with Gasteiger partial charge >= 0.3 is 0 Å². The molecule has 0 saturated heterocycles. The van der Waals surface area contributed by atoms with Crippen LogP contribution in [0, 0.1) is 0 Å². The molecule has 0 spiro atoms. The number of carbonyl (C=O) groups is 1. The Morgan fingerprint density at radius 2 is 1.94 bits per heavy atom. The van der Waals surface area contributed by atoms with Crippen LogP contribution < -0.4 is 4.74 Å². The molecule has 0 fully saturated rings. The van der Waals surface area contributed by atoms with Crippen molar-refractivity contribution in [1.82, 2.24) is 0 Å². The summed E-state index contributed by atoms with van der Waals surface area (Å²) in [6.07, 6.45) is 0.491. The van der Waals surface area contributed by atoms with Gasteiger partial charge in [-0.1, -0.05) is 12.1 Å². The van der Waals surface area contributed by atoms with E-state index in [0.29, 0.717) is 13.0 Å². The smallest absolute Gasteiger partial charge is 0.134 e. The lowest BCUT2D eigenvalue weighted by Gasteiger charge is -2.05. The van der Waals surface area contributed by atoms with Crippen molar-refractivity contribution < 1.29 is 9.53 Å². The third-order valence-corrected chi connectivity index (χ3v) is 3.09. The van der Waals surface area contributed by atoms with Gasteiger partial charge in [-0.25, -0.2) is 0 Å². The fourth-order valence-corrected chi connectivity index (χ4v) is 2.19. The monoisotopic (exact) mass is 246 g/mol. The Bertz CT molecular complexity index is 471. The average molecular weight is 246 g/mol. The number of benzene rings is 1. The molecule has 2 aromatic rings. The molecule has 0 aliphatic rings. The molecule has 1 aromatic heterocycles.